The summed E-state index contributed by atoms with van der Waals surface area (Å²) in [5, 5.41) is 9.54. The molecular weight excluding hydrogens is 154 g/mol. The summed E-state index contributed by atoms with van der Waals surface area (Å²) in [5.41, 5.74) is 0. The second kappa shape index (κ2) is 3.75. The molecule has 0 spiro atoms. The Morgan fingerprint density at radius 3 is 2.40 bits per heavy atom. The van der Waals surface area contributed by atoms with E-state index in [0.717, 1.165) is 0 Å². The van der Waals surface area contributed by atoms with E-state index in [1.165, 1.54) is 0 Å². The van der Waals surface area contributed by atoms with Crippen molar-refractivity contribution in [2.45, 2.75) is 0 Å². The van der Waals surface area contributed by atoms with Crippen molar-refractivity contribution in [2.75, 3.05) is 0 Å². The summed E-state index contributed by atoms with van der Waals surface area (Å²) in [7, 11) is 0. The number of carbonyl (C=O) groups excluding carboxylic acids is 2. The quantitative estimate of drug-likeness (QED) is 0.354. The van der Waals surface area contributed by atoms with Gasteiger partial charge in [0.25, 0.3) is 0 Å². The summed E-state index contributed by atoms with van der Waals surface area (Å²) in [5.74, 6) is 0. The summed E-state index contributed by atoms with van der Waals surface area (Å²) in [4.78, 5) is 19.3. The average Bonchev–Trinajstić information content (AvgIpc) is 1.60. The monoisotopic (exact) mass is 154 g/mol. The third-order valence-corrected chi connectivity index (χ3v) is 1.73. The van der Waals surface area contributed by atoms with Gasteiger partial charge in [0, 0.05) is 0 Å². The predicted molar refractivity (Wildman–Crippen MR) is 19.8 cm³/mol. The standard InChI is InChI=1S/2CH2O3.Al.Li/c2*2-1(3)4;;/h2*(H2,2,3,4);;/q;;+3;+1/p-4. The largest absolute Gasteiger partial charge is 1.06 e. The molecule has 48 valence electrons. The topological polar surface area (TPSA) is 84.9 Å². The summed E-state index contributed by atoms with van der Waals surface area (Å²) < 4.78 is 12.0. The molecule has 0 amide bonds. The number of rotatable bonds is 1. The smallest absolute Gasteiger partial charge is 0.592 e. The Hall–Kier alpha value is -0.330. The van der Waals surface area contributed by atoms with Gasteiger partial charge >= 0.3 is 40.2 Å². The Bertz CT molecular complexity index is 150. The van der Waals surface area contributed by atoms with Gasteiger partial charge in [-0.2, -0.15) is 0 Å². The Morgan fingerprint density at radius 2 is 2.10 bits per heavy atom. The fourth-order valence-corrected chi connectivity index (χ4v) is 0.878. The normalized spacial score (nSPS) is 13.6. The molecule has 0 saturated carbocycles. The molecule has 0 unspecified atom stereocenters. The van der Waals surface area contributed by atoms with Crippen LogP contribution in [0, 0.1) is 0 Å². The van der Waals surface area contributed by atoms with E-state index in [9.17, 15) is 14.7 Å². The van der Waals surface area contributed by atoms with E-state index in [-0.39, 0.29) is 18.9 Å². The van der Waals surface area contributed by atoms with Gasteiger partial charge in [-0.25, -0.2) is 4.79 Å². The number of carboxylic acid groups (broad SMARTS) is 1. The van der Waals surface area contributed by atoms with Crippen LogP contribution < -0.4 is 24.0 Å². The zero-order chi connectivity index (χ0) is 6.85. The molecule has 0 N–H and O–H groups in total. The average molecular weight is 154 g/mol. The van der Waals surface area contributed by atoms with Crippen molar-refractivity contribution >= 4 is 27.5 Å². The van der Waals surface area contributed by atoms with Crippen molar-refractivity contribution in [2.24, 2.45) is 0 Å². The van der Waals surface area contributed by atoms with Crippen LogP contribution in [0.25, 0.3) is 0 Å². The van der Waals surface area contributed by atoms with E-state index in [1.807, 2.05) is 0 Å². The third-order valence-electron chi connectivity index (χ3n) is 0.577. The molecule has 0 aliphatic carbocycles. The first kappa shape index (κ1) is 9.67. The fourth-order valence-electron chi connectivity index (χ4n) is 0.293. The SMILES string of the molecule is O=C([O-])[O][Al]1[O]C(=O)[O]1.[Li+]. The van der Waals surface area contributed by atoms with Gasteiger partial charge in [0.05, 0.1) is 0 Å². The van der Waals surface area contributed by atoms with E-state index in [4.69, 9.17) is 0 Å². The molecule has 6 nitrogen and oxygen atoms in total. The van der Waals surface area contributed by atoms with Crippen LogP contribution in [-0.2, 0) is 11.4 Å². The van der Waals surface area contributed by atoms with E-state index >= 15 is 0 Å². The van der Waals surface area contributed by atoms with Gasteiger partial charge < -0.3 is 21.3 Å². The Morgan fingerprint density at radius 1 is 1.60 bits per heavy atom. The van der Waals surface area contributed by atoms with Crippen LogP contribution in [0.15, 0.2) is 0 Å². The van der Waals surface area contributed by atoms with E-state index in [2.05, 4.69) is 11.4 Å². The van der Waals surface area contributed by atoms with E-state index < -0.39 is 27.5 Å². The van der Waals surface area contributed by atoms with Gasteiger partial charge in [-0.3, -0.25) is 0 Å². The van der Waals surface area contributed by atoms with Crippen molar-refractivity contribution in [3.05, 3.63) is 0 Å². The maximum absolute atomic E-state index is 9.79. The minimum absolute atomic E-state index is 0. The van der Waals surface area contributed by atoms with Gasteiger partial charge in [-0.15, -0.1) is 0 Å². The van der Waals surface area contributed by atoms with Gasteiger partial charge in [-0.05, 0) is 0 Å². The molecule has 0 radical (unpaired) electrons. The second-order valence-electron chi connectivity index (χ2n) is 1.14. The van der Waals surface area contributed by atoms with E-state index in [0.29, 0.717) is 0 Å². The van der Waals surface area contributed by atoms with Gasteiger partial charge in [0.2, 0.25) is 6.16 Å². The van der Waals surface area contributed by atoms with Crippen LogP contribution in [0.1, 0.15) is 0 Å². The van der Waals surface area contributed by atoms with Crippen molar-refractivity contribution < 1.29 is 44.9 Å². The molecular formula is C2AlLiO6. The summed E-state index contributed by atoms with van der Waals surface area (Å²) >= 11 is -2.63. The van der Waals surface area contributed by atoms with Crippen molar-refractivity contribution in [1.82, 2.24) is 0 Å². The number of carbonyl (C=O) groups is 2. The van der Waals surface area contributed by atoms with E-state index in [1.54, 1.807) is 0 Å². The molecule has 0 atom stereocenters. The van der Waals surface area contributed by atoms with Gasteiger partial charge in [-0.1, -0.05) is 0 Å². The first-order valence-corrected chi connectivity index (χ1v) is 3.35. The number of hydrogen-bond donors (Lipinski definition) is 0. The van der Waals surface area contributed by atoms with Crippen molar-refractivity contribution in [1.29, 1.82) is 0 Å². The molecule has 1 heterocycles. The summed E-state index contributed by atoms with van der Waals surface area (Å²) in [6.45, 7) is 0. The summed E-state index contributed by atoms with van der Waals surface area (Å²) in [6.07, 6.45) is -2.63. The first-order valence-electron chi connectivity index (χ1n) is 1.93. The summed E-state index contributed by atoms with van der Waals surface area (Å²) in [6, 6.07) is 0. The van der Waals surface area contributed by atoms with Crippen molar-refractivity contribution in [3.8, 4) is 0 Å². The molecule has 1 saturated heterocycles. The van der Waals surface area contributed by atoms with Gasteiger partial charge in [0.1, 0.15) is 0 Å². The minimum atomic E-state index is -2.63. The molecule has 1 aliphatic heterocycles. The molecule has 1 aliphatic rings. The Labute approximate surface area is 72.6 Å². The minimum Gasteiger partial charge on any atom is -0.592 e. The Kier molecular flexibility index (Phi) is 3.62. The maximum Gasteiger partial charge on any atom is 1.06 e. The van der Waals surface area contributed by atoms with Crippen molar-refractivity contribution in [3.63, 3.8) is 0 Å². The zero-order valence-corrected chi connectivity index (χ0v) is 6.18. The molecule has 0 aromatic heterocycles. The van der Waals surface area contributed by atoms with Crippen LogP contribution in [0.3, 0.4) is 0 Å². The molecule has 10 heavy (non-hydrogen) atoms. The van der Waals surface area contributed by atoms with Crippen LogP contribution in [0.4, 0.5) is 9.59 Å². The zero-order valence-electron chi connectivity index (χ0n) is 5.03. The van der Waals surface area contributed by atoms with Crippen LogP contribution >= 0.6 is 0 Å². The van der Waals surface area contributed by atoms with Crippen LogP contribution in [0.2, 0.25) is 0 Å². The molecule has 1 rings (SSSR count). The predicted octanol–water partition coefficient (Wildman–Crippen LogP) is -4.50. The van der Waals surface area contributed by atoms with Gasteiger partial charge in [0.15, 0.2) is 0 Å². The molecule has 1 fully saturated rings. The molecule has 0 bridgehead atoms. The number of hydrogen-bond acceptors (Lipinski definition) is 6. The first-order chi connectivity index (χ1) is 4.18. The maximum atomic E-state index is 9.79. The fraction of sp³-hybridized carbons (Fsp3) is 0. The molecule has 8 heteroatoms. The third kappa shape index (κ3) is 2.51. The van der Waals surface area contributed by atoms with Crippen LogP contribution in [0.5, 0.6) is 0 Å². The molecule has 0 aromatic rings. The molecule has 0 aromatic carbocycles. The second-order valence-corrected chi connectivity index (χ2v) is 2.43. The van der Waals surface area contributed by atoms with Crippen LogP contribution in [-0.4, -0.2) is 27.5 Å². The Balaban J connectivity index is 0.000000810.